The van der Waals surface area contributed by atoms with Crippen LogP contribution in [0.3, 0.4) is 0 Å². The molecule has 2 amide bonds. The van der Waals surface area contributed by atoms with Gasteiger partial charge in [0.1, 0.15) is 0 Å². The van der Waals surface area contributed by atoms with Crippen molar-refractivity contribution in [1.29, 1.82) is 0 Å². The molecule has 1 saturated heterocycles. The predicted molar refractivity (Wildman–Crippen MR) is 134 cm³/mol. The molecule has 2 atom stereocenters. The van der Waals surface area contributed by atoms with Crippen LogP contribution in [0.1, 0.15) is 45.7 Å². The number of nitrogens with zero attached hydrogens (tertiary/aromatic N) is 1. The van der Waals surface area contributed by atoms with Gasteiger partial charge in [-0.15, -0.1) is 0 Å². The smallest absolute Gasteiger partial charge is 0.255 e. The average molecular weight is 458 g/mol. The van der Waals surface area contributed by atoms with Gasteiger partial charge < -0.3 is 15.4 Å². The second-order valence-corrected chi connectivity index (χ2v) is 8.77. The zero-order chi connectivity index (χ0) is 23.9. The average Bonchev–Trinajstić information content (AvgIpc) is 2.83. The molecule has 0 aliphatic carbocycles. The Morgan fingerprint density at radius 2 is 1.44 bits per heavy atom. The monoisotopic (exact) mass is 457 g/mol. The number of morpholine rings is 1. The summed E-state index contributed by atoms with van der Waals surface area (Å²) in [5.74, 6) is -0.479. The van der Waals surface area contributed by atoms with Crippen LogP contribution in [0.25, 0.3) is 0 Å². The van der Waals surface area contributed by atoms with Crippen molar-refractivity contribution in [3.63, 3.8) is 0 Å². The van der Waals surface area contributed by atoms with E-state index in [2.05, 4.69) is 35.4 Å². The normalized spacial score (nSPS) is 18.3. The number of carbonyl (C=O) groups excluding carboxylic acids is 2. The second-order valence-electron chi connectivity index (χ2n) is 8.77. The molecule has 1 aliphatic heterocycles. The highest BCUT2D eigenvalue weighted by Crippen LogP contribution is 2.19. The van der Waals surface area contributed by atoms with E-state index in [1.54, 1.807) is 36.4 Å². The van der Waals surface area contributed by atoms with Crippen LogP contribution in [0.15, 0.2) is 78.9 Å². The molecular weight excluding hydrogens is 426 g/mol. The van der Waals surface area contributed by atoms with E-state index < -0.39 is 0 Å². The van der Waals surface area contributed by atoms with E-state index in [0.29, 0.717) is 23.4 Å². The van der Waals surface area contributed by atoms with Gasteiger partial charge in [0.05, 0.1) is 23.5 Å². The molecule has 0 saturated carbocycles. The Morgan fingerprint density at radius 3 is 2.18 bits per heavy atom. The summed E-state index contributed by atoms with van der Waals surface area (Å²) in [4.78, 5) is 28.0. The van der Waals surface area contributed by atoms with Crippen molar-refractivity contribution in [2.24, 2.45) is 0 Å². The van der Waals surface area contributed by atoms with E-state index >= 15 is 0 Å². The Morgan fingerprint density at radius 1 is 0.824 bits per heavy atom. The summed E-state index contributed by atoms with van der Waals surface area (Å²) in [5.41, 5.74) is 3.72. The van der Waals surface area contributed by atoms with Gasteiger partial charge in [0, 0.05) is 31.7 Å². The number of ether oxygens (including phenoxy) is 1. The minimum atomic E-state index is -0.250. The molecule has 3 aromatic carbocycles. The molecule has 176 valence electrons. The number of amides is 2. The molecule has 2 N–H and O–H groups in total. The van der Waals surface area contributed by atoms with Crippen LogP contribution in [0.2, 0.25) is 0 Å². The Labute approximate surface area is 200 Å². The summed E-state index contributed by atoms with van der Waals surface area (Å²) >= 11 is 0. The molecule has 1 aliphatic rings. The largest absolute Gasteiger partial charge is 0.373 e. The fraction of sp³-hybridized carbons (Fsp3) is 0.286. The number of nitrogens with one attached hydrogen (secondary N) is 2. The van der Waals surface area contributed by atoms with Crippen LogP contribution < -0.4 is 10.6 Å². The van der Waals surface area contributed by atoms with Gasteiger partial charge in [-0.1, -0.05) is 54.6 Å². The molecule has 0 radical (unpaired) electrons. The molecule has 0 aromatic heterocycles. The lowest BCUT2D eigenvalue weighted by atomic mass is 10.1. The standard InChI is InChI=1S/C28H31N3O3/c1-20-17-31(18-21(2)34-20)19-24-13-7-6-12-23(24)16-29-28(33)25-14-8-9-15-26(25)30-27(32)22-10-4-3-5-11-22/h3-15,20-21H,16-19H2,1-2H3,(H,29,33)(H,30,32). The summed E-state index contributed by atoms with van der Waals surface area (Å²) in [6.45, 7) is 7.20. The maximum atomic E-state index is 13.1. The first kappa shape index (κ1) is 23.7. The summed E-state index contributed by atoms with van der Waals surface area (Å²) in [6.07, 6.45) is 0.413. The summed E-state index contributed by atoms with van der Waals surface area (Å²) in [6, 6.07) is 24.2. The minimum absolute atomic E-state index is 0.207. The molecule has 6 heteroatoms. The maximum absolute atomic E-state index is 13.1. The van der Waals surface area contributed by atoms with Crippen LogP contribution >= 0.6 is 0 Å². The Kier molecular flexibility index (Phi) is 7.72. The van der Waals surface area contributed by atoms with Gasteiger partial charge in [0.2, 0.25) is 0 Å². The molecule has 2 unspecified atom stereocenters. The first-order valence-corrected chi connectivity index (χ1v) is 11.7. The van der Waals surface area contributed by atoms with Crippen molar-refractivity contribution in [1.82, 2.24) is 10.2 Å². The fourth-order valence-corrected chi connectivity index (χ4v) is 4.38. The predicted octanol–water partition coefficient (Wildman–Crippen LogP) is 4.48. The summed E-state index contributed by atoms with van der Waals surface area (Å²) in [5, 5.41) is 5.89. The molecular formula is C28H31N3O3. The highest BCUT2D eigenvalue weighted by atomic mass is 16.5. The topological polar surface area (TPSA) is 70.7 Å². The van der Waals surface area contributed by atoms with Crippen molar-refractivity contribution < 1.29 is 14.3 Å². The molecule has 3 aromatic rings. The fourth-order valence-electron chi connectivity index (χ4n) is 4.38. The molecule has 34 heavy (non-hydrogen) atoms. The van der Waals surface area contributed by atoms with Crippen LogP contribution in [0.5, 0.6) is 0 Å². The Balaban J connectivity index is 1.42. The number of carbonyl (C=O) groups is 2. The van der Waals surface area contributed by atoms with Gasteiger partial charge >= 0.3 is 0 Å². The highest BCUT2D eigenvalue weighted by molar-refractivity contribution is 6.08. The number of anilines is 1. The van der Waals surface area contributed by atoms with E-state index in [4.69, 9.17) is 4.74 Å². The van der Waals surface area contributed by atoms with Crippen molar-refractivity contribution in [2.75, 3.05) is 18.4 Å². The molecule has 4 rings (SSSR count). The third kappa shape index (κ3) is 6.10. The van der Waals surface area contributed by atoms with Gasteiger partial charge in [-0.2, -0.15) is 0 Å². The third-order valence-corrected chi connectivity index (χ3v) is 5.90. The van der Waals surface area contributed by atoms with Crippen molar-refractivity contribution >= 4 is 17.5 Å². The van der Waals surface area contributed by atoms with Crippen molar-refractivity contribution in [3.05, 3.63) is 101 Å². The Hall–Kier alpha value is -3.48. The molecule has 1 heterocycles. The maximum Gasteiger partial charge on any atom is 0.255 e. The first-order valence-electron chi connectivity index (χ1n) is 11.7. The zero-order valence-electron chi connectivity index (χ0n) is 19.7. The van der Waals surface area contributed by atoms with Gasteiger partial charge in [-0.3, -0.25) is 14.5 Å². The zero-order valence-corrected chi connectivity index (χ0v) is 19.7. The Bertz CT molecular complexity index is 1120. The highest BCUT2D eigenvalue weighted by Gasteiger charge is 2.23. The van der Waals surface area contributed by atoms with E-state index in [-0.39, 0.29) is 24.0 Å². The third-order valence-electron chi connectivity index (χ3n) is 5.90. The number of benzene rings is 3. The quantitative estimate of drug-likeness (QED) is 0.549. The molecule has 6 nitrogen and oxygen atoms in total. The van der Waals surface area contributed by atoms with E-state index in [1.165, 1.54) is 5.56 Å². The summed E-state index contributed by atoms with van der Waals surface area (Å²) in [7, 11) is 0. The SMILES string of the molecule is CC1CN(Cc2ccccc2CNC(=O)c2ccccc2NC(=O)c2ccccc2)CC(C)O1. The second kappa shape index (κ2) is 11.1. The van der Waals surface area contributed by atoms with Gasteiger partial charge in [-0.05, 0) is 49.2 Å². The van der Waals surface area contributed by atoms with Crippen molar-refractivity contribution in [2.45, 2.75) is 39.1 Å². The van der Waals surface area contributed by atoms with E-state index in [9.17, 15) is 9.59 Å². The van der Waals surface area contributed by atoms with Crippen molar-refractivity contribution in [3.8, 4) is 0 Å². The lowest BCUT2D eigenvalue weighted by Crippen LogP contribution is -2.45. The van der Waals surface area contributed by atoms with Gasteiger partial charge in [0.15, 0.2) is 0 Å². The molecule has 0 spiro atoms. The van der Waals surface area contributed by atoms with Crippen LogP contribution in [0, 0.1) is 0 Å². The number of para-hydroxylation sites is 1. The number of hydrogen-bond acceptors (Lipinski definition) is 4. The lowest BCUT2D eigenvalue weighted by molar-refractivity contribution is -0.0705. The first-order chi connectivity index (χ1) is 16.5. The van der Waals surface area contributed by atoms with Crippen LogP contribution in [0.4, 0.5) is 5.69 Å². The van der Waals surface area contributed by atoms with Crippen LogP contribution in [-0.4, -0.2) is 42.0 Å². The number of rotatable bonds is 7. The van der Waals surface area contributed by atoms with E-state index in [0.717, 1.165) is 25.2 Å². The number of hydrogen-bond donors (Lipinski definition) is 2. The van der Waals surface area contributed by atoms with Gasteiger partial charge in [0.25, 0.3) is 11.8 Å². The lowest BCUT2D eigenvalue weighted by Gasteiger charge is -2.35. The van der Waals surface area contributed by atoms with Crippen LogP contribution in [-0.2, 0) is 17.8 Å². The minimum Gasteiger partial charge on any atom is -0.373 e. The van der Waals surface area contributed by atoms with E-state index in [1.807, 2.05) is 36.4 Å². The molecule has 0 bridgehead atoms. The van der Waals surface area contributed by atoms with Gasteiger partial charge in [-0.25, -0.2) is 0 Å². The molecule has 1 fully saturated rings. The summed E-state index contributed by atoms with van der Waals surface area (Å²) < 4.78 is 5.85.